The van der Waals surface area contributed by atoms with Gasteiger partial charge < -0.3 is 5.32 Å². The van der Waals surface area contributed by atoms with Crippen molar-refractivity contribution in [2.75, 3.05) is 6.54 Å². The Morgan fingerprint density at radius 2 is 2.28 bits per heavy atom. The van der Waals surface area contributed by atoms with Crippen molar-refractivity contribution in [1.29, 1.82) is 0 Å². The Labute approximate surface area is 106 Å². The Morgan fingerprint density at radius 3 is 2.83 bits per heavy atom. The summed E-state index contributed by atoms with van der Waals surface area (Å²) in [5.41, 5.74) is 1.87. The van der Waals surface area contributed by atoms with Crippen LogP contribution >= 0.6 is 0 Å². The van der Waals surface area contributed by atoms with Crippen molar-refractivity contribution in [2.24, 2.45) is 18.0 Å². The highest BCUT2D eigenvalue weighted by atomic mass is 16.2. The maximum Gasteiger partial charge on any atom is 0.254 e. The normalized spacial score (nSPS) is 21.5. The third-order valence-electron chi connectivity index (χ3n) is 2.98. The number of aryl methyl sites for hydroxylation is 1. The lowest BCUT2D eigenvalue weighted by Crippen LogP contribution is -2.26. The molecule has 1 aromatic rings. The molecule has 0 aliphatic carbocycles. The van der Waals surface area contributed by atoms with E-state index in [1.165, 1.54) is 0 Å². The van der Waals surface area contributed by atoms with E-state index in [1.807, 2.05) is 14.0 Å². The van der Waals surface area contributed by atoms with Gasteiger partial charge in [-0.2, -0.15) is 5.10 Å². The summed E-state index contributed by atoms with van der Waals surface area (Å²) in [4.78, 5) is 16.2. The van der Waals surface area contributed by atoms with Gasteiger partial charge in [0, 0.05) is 24.8 Å². The Bertz CT molecular complexity index is 489. The van der Waals surface area contributed by atoms with Gasteiger partial charge in [0.25, 0.3) is 5.91 Å². The molecule has 2 N–H and O–H groups in total. The summed E-state index contributed by atoms with van der Waals surface area (Å²) in [5, 5.41) is 10.0. The van der Waals surface area contributed by atoms with Crippen molar-refractivity contribution in [3.05, 3.63) is 17.5 Å². The highest BCUT2D eigenvalue weighted by Crippen LogP contribution is 2.19. The fourth-order valence-electron chi connectivity index (χ4n) is 1.80. The average molecular weight is 249 g/mol. The van der Waals surface area contributed by atoms with Crippen LogP contribution in [0.2, 0.25) is 0 Å². The molecule has 18 heavy (non-hydrogen) atoms. The van der Waals surface area contributed by atoms with Gasteiger partial charge in [0.15, 0.2) is 5.96 Å². The molecule has 98 valence electrons. The number of carbonyl (C=O) groups excluding carboxylic acids is 1. The molecular weight excluding hydrogens is 230 g/mol. The zero-order valence-corrected chi connectivity index (χ0v) is 11.2. The number of carbonyl (C=O) groups is 1. The van der Waals surface area contributed by atoms with Crippen LogP contribution in [0, 0.1) is 12.8 Å². The van der Waals surface area contributed by atoms with Crippen LogP contribution in [0.1, 0.15) is 31.1 Å². The van der Waals surface area contributed by atoms with Gasteiger partial charge in [-0.15, -0.1) is 0 Å². The molecule has 2 rings (SSSR count). The second-order valence-corrected chi connectivity index (χ2v) is 4.96. The fraction of sp³-hybridized carbons (Fsp3) is 0.583. The largest absolute Gasteiger partial charge is 0.340 e. The Kier molecular flexibility index (Phi) is 3.36. The first-order chi connectivity index (χ1) is 8.49. The molecule has 1 unspecified atom stereocenters. The van der Waals surface area contributed by atoms with E-state index in [4.69, 9.17) is 0 Å². The molecule has 0 bridgehead atoms. The minimum Gasteiger partial charge on any atom is -0.340 e. The van der Waals surface area contributed by atoms with E-state index in [0.29, 0.717) is 18.4 Å². The van der Waals surface area contributed by atoms with Crippen molar-refractivity contribution >= 4 is 11.9 Å². The summed E-state index contributed by atoms with van der Waals surface area (Å²) in [6, 6.07) is -0.385. The van der Waals surface area contributed by atoms with Gasteiger partial charge >= 0.3 is 0 Å². The van der Waals surface area contributed by atoms with Crippen molar-refractivity contribution < 1.29 is 4.79 Å². The predicted octanol–water partition coefficient (Wildman–Crippen LogP) is 0.501. The molecule has 1 aliphatic rings. The number of aromatic nitrogens is 2. The minimum atomic E-state index is -0.385. The van der Waals surface area contributed by atoms with Crippen molar-refractivity contribution in [1.82, 2.24) is 20.4 Å². The first-order valence-corrected chi connectivity index (χ1v) is 6.09. The highest BCUT2D eigenvalue weighted by Gasteiger charge is 2.31. The second-order valence-electron chi connectivity index (χ2n) is 4.96. The van der Waals surface area contributed by atoms with Crippen LogP contribution in [0.25, 0.3) is 0 Å². The molecule has 6 heteroatoms. The van der Waals surface area contributed by atoms with E-state index >= 15 is 0 Å². The molecular formula is C12H19N5O. The summed E-state index contributed by atoms with van der Waals surface area (Å²) in [7, 11) is 1.86. The molecule has 0 aromatic carbocycles. The highest BCUT2D eigenvalue weighted by molar-refractivity contribution is 6.06. The number of aliphatic imine (C=N–C) groups is 1. The zero-order chi connectivity index (χ0) is 13.3. The quantitative estimate of drug-likeness (QED) is 0.819. The number of hydrogen-bond acceptors (Lipinski definition) is 3. The molecule has 6 nitrogen and oxygen atoms in total. The van der Waals surface area contributed by atoms with Crippen LogP contribution < -0.4 is 10.6 Å². The van der Waals surface area contributed by atoms with Gasteiger partial charge in [-0.1, -0.05) is 13.8 Å². The Balaban J connectivity index is 2.15. The third kappa shape index (κ3) is 2.37. The van der Waals surface area contributed by atoms with Gasteiger partial charge in [-0.3, -0.25) is 19.8 Å². The standard InChI is InChI=1S/C12H19N5O/c1-7(2)5-13-12-15-10(11(18)16-12)9-6-14-17(4)8(9)3/h6-7,10H,5H2,1-4H3,(H2,13,15,16,18). The lowest BCUT2D eigenvalue weighted by atomic mass is 10.1. The third-order valence-corrected chi connectivity index (χ3v) is 2.98. The van der Waals surface area contributed by atoms with Crippen molar-refractivity contribution in [3.63, 3.8) is 0 Å². The molecule has 1 saturated heterocycles. The summed E-state index contributed by atoms with van der Waals surface area (Å²) >= 11 is 0. The first-order valence-electron chi connectivity index (χ1n) is 6.09. The maximum absolute atomic E-state index is 11.9. The molecule has 1 fully saturated rings. The zero-order valence-electron chi connectivity index (χ0n) is 11.2. The van der Waals surface area contributed by atoms with Gasteiger partial charge in [0.05, 0.1) is 6.20 Å². The summed E-state index contributed by atoms with van der Waals surface area (Å²) in [6.45, 7) is 6.81. The first kappa shape index (κ1) is 12.6. The average Bonchev–Trinajstić information content (AvgIpc) is 2.82. The molecule has 1 atom stereocenters. The number of nitrogens with zero attached hydrogens (tertiary/aromatic N) is 3. The van der Waals surface area contributed by atoms with E-state index < -0.39 is 0 Å². The van der Waals surface area contributed by atoms with Crippen LogP contribution in [-0.4, -0.2) is 28.2 Å². The summed E-state index contributed by atoms with van der Waals surface area (Å²) in [6.07, 6.45) is 1.72. The van der Waals surface area contributed by atoms with Crippen LogP contribution in [0.3, 0.4) is 0 Å². The molecule has 1 aliphatic heterocycles. The van der Waals surface area contributed by atoms with Crippen LogP contribution in [-0.2, 0) is 11.8 Å². The monoisotopic (exact) mass is 249 g/mol. The number of hydrogen-bond donors (Lipinski definition) is 2. The molecule has 0 radical (unpaired) electrons. The molecule has 1 aromatic heterocycles. The number of guanidine groups is 1. The maximum atomic E-state index is 11.9. The number of amides is 1. The second kappa shape index (κ2) is 4.80. The van der Waals surface area contributed by atoms with Gasteiger partial charge in [-0.05, 0) is 12.8 Å². The van der Waals surface area contributed by atoms with Crippen molar-refractivity contribution in [2.45, 2.75) is 26.8 Å². The Morgan fingerprint density at radius 1 is 1.56 bits per heavy atom. The minimum absolute atomic E-state index is 0.0754. The lowest BCUT2D eigenvalue weighted by molar-refractivity contribution is -0.120. The van der Waals surface area contributed by atoms with Crippen LogP contribution in [0.15, 0.2) is 11.2 Å². The molecule has 0 saturated carbocycles. The SMILES string of the molecule is Cc1c(C2NC(=NCC(C)C)NC2=O)cnn1C. The van der Waals surface area contributed by atoms with E-state index in [2.05, 4.69) is 34.6 Å². The van der Waals surface area contributed by atoms with E-state index in [-0.39, 0.29) is 11.9 Å². The van der Waals surface area contributed by atoms with Gasteiger partial charge in [0.2, 0.25) is 0 Å². The fourth-order valence-corrected chi connectivity index (χ4v) is 1.80. The van der Waals surface area contributed by atoms with E-state index in [1.54, 1.807) is 10.9 Å². The van der Waals surface area contributed by atoms with Crippen molar-refractivity contribution in [3.8, 4) is 0 Å². The van der Waals surface area contributed by atoms with Crippen LogP contribution in [0.4, 0.5) is 0 Å². The molecule has 1 amide bonds. The number of rotatable bonds is 3. The summed E-state index contributed by atoms with van der Waals surface area (Å²) in [5.74, 6) is 0.950. The van der Waals surface area contributed by atoms with Gasteiger partial charge in [-0.25, -0.2) is 0 Å². The Hall–Kier alpha value is -1.85. The lowest BCUT2D eigenvalue weighted by Gasteiger charge is -2.07. The number of nitrogens with one attached hydrogen (secondary N) is 2. The van der Waals surface area contributed by atoms with E-state index in [0.717, 1.165) is 11.3 Å². The molecule has 2 heterocycles. The summed E-state index contributed by atoms with van der Waals surface area (Å²) < 4.78 is 1.76. The molecule has 0 spiro atoms. The predicted molar refractivity (Wildman–Crippen MR) is 69.1 cm³/mol. The van der Waals surface area contributed by atoms with E-state index in [9.17, 15) is 4.79 Å². The van der Waals surface area contributed by atoms with Crippen LogP contribution in [0.5, 0.6) is 0 Å². The topological polar surface area (TPSA) is 71.3 Å². The van der Waals surface area contributed by atoms with Gasteiger partial charge in [0.1, 0.15) is 6.04 Å². The smallest absolute Gasteiger partial charge is 0.254 e.